The van der Waals surface area contributed by atoms with Crippen molar-refractivity contribution in [2.24, 2.45) is 0 Å². The molecule has 0 bridgehead atoms. The van der Waals surface area contributed by atoms with Crippen molar-refractivity contribution in [1.29, 1.82) is 0 Å². The summed E-state index contributed by atoms with van der Waals surface area (Å²) in [6, 6.07) is 2.82. The van der Waals surface area contributed by atoms with E-state index in [0.717, 1.165) is 12.8 Å². The smallest absolute Gasteiger partial charge is 0.285 e. The largest absolute Gasteiger partial charge is 0.495 e. The van der Waals surface area contributed by atoms with Gasteiger partial charge in [-0.25, -0.2) is 13.1 Å². The van der Waals surface area contributed by atoms with Gasteiger partial charge in [0.1, 0.15) is 16.3 Å². The average Bonchev–Trinajstić information content (AvgIpc) is 3.38. The molecule has 1 N–H and O–H groups in total. The molecular formula is C15H16N4O4S. The third-order valence-corrected chi connectivity index (χ3v) is 4.89. The normalized spacial score (nSPS) is 14.2. The van der Waals surface area contributed by atoms with Crippen LogP contribution < -0.4 is 9.46 Å². The predicted molar refractivity (Wildman–Crippen MR) is 84.2 cm³/mol. The van der Waals surface area contributed by atoms with E-state index in [1.54, 1.807) is 6.92 Å². The lowest BCUT2D eigenvalue weighted by Gasteiger charge is -2.09. The van der Waals surface area contributed by atoms with Crippen LogP contribution in [0.4, 0.5) is 0 Å². The van der Waals surface area contributed by atoms with Crippen LogP contribution in [0.3, 0.4) is 0 Å². The lowest BCUT2D eigenvalue weighted by atomic mass is 10.2. The molecule has 126 valence electrons. The number of nitrogens with zero attached hydrogens (tertiary/aromatic N) is 3. The Morgan fingerprint density at radius 2 is 2.00 bits per heavy atom. The molecule has 0 unspecified atom stereocenters. The van der Waals surface area contributed by atoms with E-state index in [1.807, 2.05) is 4.72 Å². The van der Waals surface area contributed by atoms with Crippen LogP contribution in [0.15, 0.2) is 29.4 Å². The van der Waals surface area contributed by atoms with Crippen molar-refractivity contribution in [2.45, 2.75) is 30.6 Å². The molecule has 0 saturated heterocycles. The molecule has 1 aliphatic rings. The third kappa shape index (κ3) is 3.35. The first-order valence-corrected chi connectivity index (χ1v) is 8.79. The van der Waals surface area contributed by atoms with Gasteiger partial charge in [-0.3, -0.25) is 9.78 Å². The van der Waals surface area contributed by atoms with E-state index in [-0.39, 0.29) is 10.6 Å². The van der Waals surface area contributed by atoms with E-state index in [9.17, 15) is 13.2 Å². The SMILES string of the molecule is COc1cc(C(=O)NS(=O)(=O)c2cncc(C)c2)nnc1C1CC1. The van der Waals surface area contributed by atoms with Gasteiger partial charge in [-0.05, 0) is 31.4 Å². The highest BCUT2D eigenvalue weighted by Gasteiger charge is 2.30. The zero-order valence-corrected chi connectivity index (χ0v) is 14.0. The second-order valence-electron chi connectivity index (χ2n) is 5.59. The van der Waals surface area contributed by atoms with Crippen LogP contribution in [0.25, 0.3) is 0 Å². The first-order valence-electron chi connectivity index (χ1n) is 7.31. The molecule has 1 amide bonds. The summed E-state index contributed by atoms with van der Waals surface area (Å²) in [4.78, 5) is 15.9. The second kappa shape index (κ2) is 6.16. The number of pyridine rings is 1. The maximum Gasteiger partial charge on any atom is 0.285 e. The van der Waals surface area contributed by atoms with E-state index < -0.39 is 15.9 Å². The van der Waals surface area contributed by atoms with Gasteiger partial charge >= 0.3 is 0 Å². The van der Waals surface area contributed by atoms with Crippen LogP contribution in [0, 0.1) is 6.92 Å². The van der Waals surface area contributed by atoms with Crippen LogP contribution in [0.1, 0.15) is 40.5 Å². The summed E-state index contributed by atoms with van der Waals surface area (Å²) >= 11 is 0. The van der Waals surface area contributed by atoms with Crippen molar-refractivity contribution in [1.82, 2.24) is 19.9 Å². The maximum atomic E-state index is 12.3. The number of aromatic nitrogens is 3. The maximum absolute atomic E-state index is 12.3. The molecule has 2 aromatic heterocycles. The van der Waals surface area contributed by atoms with Gasteiger partial charge in [-0.1, -0.05) is 0 Å². The molecule has 9 heteroatoms. The predicted octanol–water partition coefficient (Wildman–Crippen LogP) is 1.18. The summed E-state index contributed by atoms with van der Waals surface area (Å²) < 4.78 is 31.7. The Morgan fingerprint density at radius 1 is 1.25 bits per heavy atom. The van der Waals surface area contributed by atoms with Gasteiger partial charge in [-0.15, -0.1) is 5.10 Å². The number of carbonyl (C=O) groups excluding carboxylic acids is 1. The number of methoxy groups -OCH3 is 1. The Balaban J connectivity index is 1.84. The molecule has 0 aliphatic heterocycles. The first-order chi connectivity index (χ1) is 11.4. The lowest BCUT2D eigenvalue weighted by molar-refractivity contribution is 0.0975. The van der Waals surface area contributed by atoms with Crippen LogP contribution >= 0.6 is 0 Å². The number of hydrogen-bond donors (Lipinski definition) is 1. The highest BCUT2D eigenvalue weighted by Crippen LogP contribution is 2.42. The molecule has 0 atom stereocenters. The number of rotatable bonds is 5. The van der Waals surface area contributed by atoms with Gasteiger partial charge in [0, 0.05) is 24.4 Å². The monoisotopic (exact) mass is 348 g/mol. The fourth-order valence-corrected chi connectivity index (χ4v) is 3.21. The van der Waals surface area contributed by atoms with Gasteiger partial charge in [-0.2, -0.15) is 5.10 Å². The number of sulfonamides is 1. The molecule has 8 nitrogen and oxygen atoms in total. The Kier molecular flexibility index (Phi) is 4.18. The Bertz CT molecular complexity index is 894. The average molecular weight is 348 g/mol. The zero-order valence-electron chi connectivity index (χ0n) is 13.2. The quantitative estimate of drug-likeness (QED) is 0.863. The molecular weight excluding hydrogens is 332 g/mol. The van der Waals surface area contributed by atoms with Crippen molar-refractivity contribution in [3.63, 3.8) is 0 Å². The summed E-state index contributed by atoms with van der Waals surface area (Å²) in [5, 5.41) is 7.83. The molecule has 0 spiro atoms. The van der Waals surface area contributed by atoms with Gasteiger partial charge in [0.25, 0.3) is 15.9 Å². The third-order valence-electron chi connectivity index (χ3n) is 3.59. The first kappa shape index (κ1) is 16.3. The van der Waals surface area contributed by atoms with Crippen molar-refractivity contribution in [2.75, 3.05) is 7.11 Å². The number of carbonyl (C=O) groups is 1. The minimum atomic E-state index is -4.03. The van der Waals surface area contributed by atoms with Crippen molar-refractivity contribution < 1.29 is 17.9 Å². The van der Waals surface area contributed by atoms with Crippen LogP contribution in [0.5, 0.6) is 5.75 Å². The number of aryl methyl sites for hydroxylation is 1. The standard InChI is InChI=1S/C15H16N4O4S/c1-9-5-11(8-16-7-9)24(21,22)19-15(20)12-6-13(23-2)14(18-17-12)10-3-4-10/h5-8,10H,3-4H2,1-2H3,(H,19,20). The van der Waals surface area contributed by atoms with Crippen LogP contribution in [0.2, 0.25) is 0 Å². The molecule has 2 heterocycles. The Morgan fingerprint density at radius 3 is 2.62 bits per heavy atom. The Labute approximate surface area is 139 Å². The van der Waals surface area contributed by atoms with E-state index >= 15 is 0 Å². The van der Waals surface area contributed by atoms with Gasteiger partial charge in [0.05, 0.1) is 7.11 Å². The molecule has 0 radical (unpaired) electrons. The number of ether oxygens (including phenoxy) is 1. The minimum absolute atomic E-state index is 0.0922. The summed E-state index contributed by atoms with van der Waals surface area (Å²) in [5.41, 5.74) is 1.24. The molecule has 1 aliphatic carbocycles. The second-order valence-corrected chi connectivity index (χ2v) is 7.27. The minimum Gasteiger partial charge on any atom is -0.495 e. The van der Waals surface area contributed by atoms with Crippen LogP contribution in [-0.4, -0.2) is 36.6 Å². The van der Waals surface area contributed by atoms with E-state index in [1.165, 1.54) is 31.6 Å². The summed E-state index contributed by atoms with van der Waals surface area (Å²) in [5.74, 6) is -0.136. The lowest BCUT2D eigenvalue weighted by Crippen LogP contribution is -2.31. The van der Waals surface area contributed by atoms with Crippen molar-refractivity contribution in [3.8, 4) is 5.75 Å². The zero-order chi connectivity index (χ0) is 17.3. The summed E-state index contributed by atoms with van der Waals surface area (Å²) in [7, 11) is -2.56. The van der Waals surface area contributed by atoms with E-state index in [0.29, 0.717) is 22.9 Å². The fraction of sp³-hybridized carbons (Fsp3) is 0.333. The molecule has 3 rings (SSSR count). The van der Waals surface area contributed by atoms with E-state index in [4.69, 9.17) is 4.74 Å². The molecule has 2 aromatic rings. The fourth-order valence-electron chi connectivity index (χ4n) is 2.21. The summed E-state index contributed by atoms with van der Waals surface area (Å²) in [6.07, 6.45) is 4.70. The highest BCUT2D eigenvalue weighted by atomic mass is 32.2. The number of amides is 1. The summed E-state index contributed by atoms with van der Waals surface area (Å²) in [6.45, 7) is 1.71. The topological polar surface area (TPSA) is 111 Å². The highest BCUT2D eigenvalue weighted by molar-refractivity contribution is 7.90. The van der Waals surface area contributed by atoms with Gasteiger partial charge < -0.3 is 4.74 Å². The van der Waals surface area contributed by atoms with Crippen molar-refractivity contribution in [3.05, 3.63) is 41.5 Å². The molecule has 1 fully saturated rings. The number of hydrogen-bond acceptors (Lipinski definition) is 7. The van der Waals surface area contributed by atoms with Gasteiger partial charge in [0.2, 0.25) is 0 Å². The number of nitrogens with one attached hydrogen (secondary N) is 1. The van der Waals surface area contributed by atoms with E-state index in [2.05, 4.69) is 15.2 Å². The Hall–Kier alpha value is -2.55. The van der Waals surface area contributed by atoms with Crippen molar-refractivity contribution >= 4 is 15.9 Å². The molecule has 1 saturated carbocycles. The molecule has 24 heavy (non-hydrogen) atoms. The molecule has 0 aromatic carbocycles. The van der Waals surface area contributed by atoms with Gasteiger partial charge in [0.15, 0.2) is 5.69 Å². The van der Waals surface area contributed by atoms with Crippen LogP contribution in [-0.2, 0) is 10.0 Å².